The second-order valence-corrected chi connectivity index (χ2v) is 6.67. The van der Waals surface area contributed by atoms with Crippen LogP contribution in [0.3, 0.4) is 0 Å². The second kappa shape index (κ2) is 5.58. The van der Waals surface area contributed by atoms with E-state index in [1.165, 1.54) is 17.4 Å². The molecule has 1 atom stereocenters. The van der Waals surface area contributed by atoms with Gasteiger partial charge in [0.2, 0.25) is 0 Å². The molecule has 1 aliphatic heterocycles. The van der Waals surface area contributed by atoms with E-state index in [2.05, 4.69) is 21.2 Å². The third-order valence-corrected chi connectivity index (χ3v) is 4.98. The molecule has 3 rings (SSSR count). The molecule has 0 aliphatic carbocycles. The maximum Gasteiger partial charge on any atom is 0.406 e. The summed E-state index contributed by atoms with van der Waals surface area (Å²) in [6.45, 7) is -1.30. The van der Waals surface area contributed by atoms with Gasteiger partial charge in [0.1, 0.15) is 12.7 Å². The van der Waals surface area contributed by atoms with Gasteiger partial charge < -0.3 is 10.2 Å². The number of amides is 1. The predicted octanol–water partition coefficient (Wildman–Crippen LogP) is 4.64. The summed E-state index contributed by atoms with van der Waals surface area (Å²) in [6, 6.07) is 8.29. The molecule has 0 bridgehead atoms. The molecule has 3 nitrogen and oxygen atoms in total. The number of hydrogen-bond acceptors (Lipinski definition) is 3. The van der Waals surface area contributed by atoms with Crippen LogP contribution in [0.1, 0.15) is 21.4 Å². The summed E-state index contributed by atoms with van der Waals surface area (Å²) < 4.78 is 39.3. The molecule has 1 aromatic heterocycles. The van der Waals surface area contributed by atoms with Gasteiger partial charge >= 0.3 is 6.18 Å². The molecule has 1 N–H and O–H groups in total. The number of nitrogens with zero attached hydrogens (tertiary/aromatic N) is 1. The van der Waals surface area contributed by atoms with Gasteiger partial charge in [0, 0.05) is 20.4 Å². The lowest BCUT2D eigenvalue weighted by atomic mass is 10.1. The molecule has 116 valence electrons. The van der Waals surface area contributed by atoms with Crippen molar-refractivity contribution >= 4 is 38.9 Å². The minimum absolute atomic E-state index is 0.249. The van der Waals surface area contributed by atoms with Crippen LogP contribution in [0, 0.1) is 0 Å². The fourth-order valence-corrected chi connectivity index (χ4v) is 3.85. The topological polar surface area (TPSA) is 32.3 Å². The van der Waals surface area contributed by atoms with Crippen molar-refractivity contribution < 1.29 is 18.0 Å². The Hall–Kier alpha value is -1.54. The zero-order valence-corrected chi connectivity index (χ0v) is 13.4. The van der Waals surface area contributed by atoms with Gasteiger partial charge in [-0.25, -0.2) is 0 Å². The second-order valence-electron chi connectivity index (χ2n) is 4.81. The molecular formula is C14H10BrF3N2OS. The number of rotatable bonds is 2. The van der Waals surface area contributed by atoms with Gasteiger partial charge in [-0.05, 0) is 34.1 Å². The molecule has 0 radical (unpaired) electrons. The highest BCUT2D eigenvalue weighted by atomic mass is 79.9. The Morgan fingerprint density at radius 1 is 1.32 bits per heavy atom. The third-order valence-electron chi connectivity index (χ3n) is 3.23. The van der Waals surface area contributed by atoms with Crippen molar-refractivity contribution in [3.8, 4) is 0 Å². The highest BCUT2D eigenvalue weighted by Crippen LogP contribution is 2.37. The van der Waals surface area contributed by atoms with Crippen LogP contribution in [0.5, 0.6) is 0 Å². The van der Waals surface area contributed by atoms with Crippen LogP contribution in [0.25, 0.3) is 0 Å². The number of halogens is 4. The number of hydrogen-bond donors (Lipinski definition) is 1. The van der Waals surface area contributed by atoms with E-state index in [0.29, 0.717) is 10.6 Å². The number of thiophene rings is 1. The van der Waals surface area contributed by atoms with Gasteiger partial charge in [0.15, 0.2) is 0 Å². The first-order valence-electron chi connectivity index (χ1n) is 6.32. The van der Waals surface area contributed by atoms with Gasteiger partial charge in [-0.2, -0.15) is 13.2 Å². The lowest BCUT2D eigenvalue weighted by Gasteiger charge is -2.37. The Morgan fingerprint density at radius 3 is 2.68 bits per heavy atom. The van der Waals surface area contributed by atoms with Crippen LogP contribution in [0.2, 0.25) is 0 Å². The summed E-state index contributed by atoms with van der Waals surface area (Å²) in [5, 5.41) is 4.80. The number of fused-ring (bicyclic) bond motifs is 1. The average molecular weight is 391 g/mol. The standard InChI is InChI=1S/C14H10BrF3N2OS/c15-8-5-11(22-6-8)12-19-10-4-2-1-3-9(10)13(21)20(12)7-14(16,17)18/h1-6,12,19H,7H2/t12-/m0/s1. The summed E-state index contributed by atoms with van der Waals surface area (Å²) >= 11 is 4.58. The molecule has 2 aromatic rings. The van der Waals surface area contributed by atoms with Gasteiger partial charge in [0.25, 0.3) is 5.91 Å². The van der Waals surface area contributed by atoms with Crippen LogP contribution in [-0.2, 0) is 0 Å². The van der Waals surface area contributed by atoms with E-state index < -0.39 is 24.8 Å². The highest BCUT2D eigenvalue weighted by molar-refractivity contribution is 9.10. The van der Waals surface area contributed by atoms with Crippen LogP contribution in [0.4, 0.5) is 18.9 Å². The Bertz CT molecular complexity index is 716. The number of carbonyl (C=O) groups is 1. The number of nitrogens with one attached hydrogen (secondary N) is 1. The van der Waals surface area contributed by atoms with Crippen molar-refractivity contribution in [1.29, 1.82) is 0 Å². The van der Waals surface area contributed by atoms with Crippen molar-refractivity contribution in [1.82, 2.24) is 4.90 Å². The molecule has 1 aromatic carbocycles. The fourth-order valence-electron chi connectivity index (χ4n) is 2.35. The molecule has 8 heteroatoms. The van der Waals surface area contributed by atoms with Crippen molar-refractivity contribution in [3.05, 3.63) is 50.6 Å². The van der Waals surface area contributed by atoms with E-state index >= 15 is 0 Å². The average Bonchev–Trinajstić information content (AvgIpc) is 2.87. The molecule has 0 unspecified atom stereocenters. The normalized spacial score (nSPS) is 18.1. The van der Waals surface area contributed by atoms with E-state index in [-0.39, 0.29) is 5.56 Å². The summed E-state index contributed by atoms with van der Waals surface area (Å²) in [4.78, 5) is 13.9. The SMILES string of the molecule is O=C1c2ccccc2N[C@H](c2cc(Br)cs2)N1CC(F)(F)F. The van der Waals surface area contributed by atoms with Crippen molar-refractivity contribution in [2.45, 2.75) is 12.3 Å². The molecule has 1 amide bonds. The predicted molar refractivity (Wildman–Crippen MR) is 81.9 cm³/mol. The minimum atomic E-state index is -4.46. The number of carbonyl (C=O) groups excluding carboxylic acids is 1. The number of alkyl halides is 3. The zero-order valence-electron chi connectivity index (χ0n) is 11.0. The molecule has 22 heavy (non-hydrogen) atoms. The maximum absolute atomic E-state index is 12.9. The third kappa shape index (κ3) is 2.98. The summed E-state index contributed by atoms with van der Waals surface area (Å²) in [6.07, 6.45) is -5.29. The van der Waals surface area contributed by atoms with E-state index in [1.54, 1.807) is 29.6 Å². The van der Waals surface area contributed by atoms with Gasteiger partial charge in [-0.3, -0.25) is 4.79 Å². The van der Waals surface area contributed by atoms with Gasteiger partial charge in [-0.1, -0.05) is 12.1 Å². The summed E-state index contributed by atoms with van der Waals surface area (Å²) in [5.74, 6) is -0.624. The zero-order chi connectivity index (χ0) is 15.9. The molecule has 0 saturated carbocycles. The molecular weight excluding hydrogens is 381 g/mol. The quantitative estimate of drug-likeness (QED) is 0.809. The Labute approximate surface area is 136 Å². The molecule has 0 saturated heterocycles. The maximum atomic E-state index is 12.9. The van der Waals surface area contributed by atoms with Crippen LogP contribution >= 0.6 is 27.3 Å². The van der Waals surface area contributed by atoms with E-state index in [0.717, 1.165) is 9.37 Å². The minimum Gasteiger partial charge on any atom is -0.360 e. The fraction of sp³-hybridized carbons (Fsp3) is 0.214. The molecule has 1 aliphatic rings. The smallest absolute Gasteiger partial charge is 0.360 e. The van der Waals surface area contributed by atoms with Crippen LogP contribution in [0.15, 0.2) is 40.2 Å². The van der Waals surface area contributed by atoms with E-state index in [9.17, 15) is 18.0 Å². The largest absolute Gasteiger partial charge is 0.406 e. The summed E-state index contributed by atoms with van der Waals surface area (Å²) in [7, 11) is 0. The number of benzene rings is 1. The first-order valence-corrected chi connectivity index (χ1v) is 7.99. The Kier molecular flexibility index (Phi) is 3.90. The molecule has 0 spiro atoms. The lowest BCUT2D eigenvalue weighted by Crippen LogP contribution is -2.47. The van der Waals surface area contributed by atoms with Gasteiger partial charge in [0.05, 0.1) is 5.56 Å². The van der Waals surface area contributed by atoms with Gasteiger partial charge in [-0.15, -0.1) is 11.3 Å². The number of para-hydroxylation sites is 1. The van der Waals surface area contributed by atoms with E-state index in [4.69, 9.17) is 0 Å². The highest BCUT2D eigenvalue weighted by Gasteiger charge is 2.41. The summed E-state index contributed by atoms with van der Waals surface area (Å²) in [5.41, 5.74) is 0.791. The molecule has 2 heterocycles. The first-order chi connectivity index (χ1) is 10.3. The Balaban J connectivity index is 2.04. The lowest BCUT2D eigenvalue weighted by molar-refractivity contribution is -0.144. The molecule has 0 fully saturated rings. The number of anilines is 1. The van der Waals surface area contributed by atoms with Crippen LogP contribution in [-0.4, -0.2) is 23.5 Å². The van der Waals surface area contributed by atoms with Crippen molar-refractivity contribution in [2.24, 2.45) is 0 Å². The van der Waals surface area contributed by atoms with Crippen LogP contribution < -0.4 is 5.32 Å². The van der Waals surface area contributed by atoms with E-state index in [1.807, 2.05) is 0 Å². The van der Waals surface area contributed by atoms with Crippen molar-refractivity contribution in [2.75, 3.05) is 11.9 Å². The monoisotopic (exact) mass is 390 g/mol. The first kappa shape index (κ1) is 15.4. The van der Waals surface area contributed by atoms with Crippen molar-refractivity contribution in [3.63, 3.8) is 0 Å². The Morgan fingerprint density at radius 2 is 2.05 bits per heavy atom.